The quantitative estimate of drug-likeness (QED) is 0.173. The molecule has 39 heavy (non-hydrogen) atoms. The van der Waals surface area contributed by atoms with E-state index in [2.05, 4.69) is 23.8 Å². The van der Waals surface area contributed by atoms with Gasteiger partial charge in [0.2, 0.25) is 6.41 Å². The molecule has 1 rings (SSSR count). The van der Waals surface area contributed by atoms with Crippen LogP contribution in [0.25, 0.3) is 0 Å². The Morgan fingerprint density at radius 1 is 1.08 bits per heavy atom. The van der Waals surface area contributed by atoms with E-state index >= 15 is 0 Å². The number of rotatable bonds is 11. The van der Waals surface area contributed by atoms with Gasteiger partial charge in [-0.2, -0.15) is 26.3 Å². The van der Waals surface area contributed by atoms with Gasteiger partial charge in [-0.25, -0.2) is 4.79 Å². The van der Waals surface area contributed by atoms with E-state index in [1.165, 1.54) is 14.0 Å². The van der Waals surface area contributed by atoms with Crippen LogP contribution < -0.4 is 10.6 Å². The van der Waals surface area contributed by atoms with Crippen LogP contribution >= 0.6 is 0 Å². The van der Waals surface area contributed by atoms with Gasteiger partial charge in [0.15, 0.2) is 0 Å². The summed E-state index contributed by atoms with van der Waals surface area (Å²) in [7, 11) is 3.05. The van der Waals surface area contributed by atoms with Crippen molar-refractivity contribution < 1.29 is 40.7 Å². The first kappa shape index (κ1) is 38.0. The number of ether oxygens (including phenoxy) is 1. The first-order valence-corrected chi connectivity index (χ1v) is 12.1. The maximum absolute atomic E-state index is 12.5. The van der Waals surface area contributed by atoms with Gasteiger partial charge in [0.25, 0.3) is 0 Å². The van der Waals surface area contributed by atoms with E-state index in [9.17, 15) is 35.9 Å². The van der Waals surface area contributed by atoms with E-state index in [0.717, 1.165) is 10.5 Å². The zero-order valence-corrected chi connectivity index (χ0v) is 23.2. The summed E-state index contributed by atoms with van der Waals surface area (Å²) in [6, 6.07) is 1.11. The molecule has 0 aromatic heterocycles. The van der Waals surface area contributed by atoms with Crippen molar-refractivity contribution in [2.45, 2.75) is 58.6 Å². The van der Waals surface area contributed by atoms with Gasteiger partial charge >= 0.3 is 18.4 Å². The topological polar surface area (TPSA) is 70.7 Å². The molecule has 2 unspecified atom stereocenters. The minimum absolute atomic E-state index is 0.0853. The third kappa shape index (κ3) is 14.0. The molecular formula is C27H39F6N3O3. The smallest absolute Gasteiger partial charge is 0.377 e. The van der Waals surface area contributed by atoms with Crippen LogP contribution in [0.4, 0.5) is 31.1 Å². The van der Waals surface area contributed by atoms with Crippen molar-refractivity contribution in [1.29, 1.82) is 0 Å². The molecule has 2 atom stereocenters. The molecule has 0 spiro atoms. The Hall–Kier alpha value is -3.12. The van der Waals surface area contributed by atoms with E-state index in [0.29, 0.717) is 38.1 Å². The van der Waals surface area contributed by atoms with Gasteiger partial charge in [-0.1, -0.05) is 45.2 Å². The molecule has 0 radical (unpaired) electrons. The molecule has 1 aromatic carbocycles. The molecular weight excluding hydrogens is 528 g/mol. The Labute approximate surface area is 226 Å². The third-order valence-electron chi connectivity index (χ3n) is 5.17. The number of allylic oxidation sites excluding steroid dienone is 2. The van der Waals surface area contributed by atoms with Gasteiger partial charge in [0.05, 0.1) is 17.2 Å². The molecule has 0 heterocycles. The van der Waals surface area contributed by atoms with Gasteiger partial charge in [0.1, 0.15) is 0 Å². The number of carbonyl (C=O) groups excluding carboxylic acids is 2. The van der Waals surface area contributed by atoms with Crippen LogP contribution in [-0.2, 0) is 21.9 Å². The second-order valence-electron chi connectivity index (χ2n) is 7.58. The molecule has 6 nitrogen and oxygen atoms in total. The fourth-order valence-electron chi connectivity index (χ4n) is 2.98. The summed E-state index contributed by atoms with van der Waals surface area (Å²) in [4.78, 5) is 23.2. The molecule has 0 bridgehead atoms. The van der Waals surface area contributed by atoms with Crippen LogP contribution in [0.15, 0.2) is 55.2 Å². The van der Waals surface area contributed by atoms with E-state index in [1.807, 2.05) is 27.0 Å². The maximum atomic E-state index is 12.5. The van der Waals surface area contributed by atoms with Crippen molar-refractivity contribution >= 4 is 12.4 Å². The monoisotopic (exact) mass is 567 g/mol. The van der Waals surface area contributed by atoms with Gasteiger partial charge in [-0.05, 0) is 56.7 Å². The van der Waals surface area contributed by atoms with E-state index < -0.39 is 29.6 Å². The SMILES string of the molecule is C=C/C=C(\C=C)C(CCNC(=O)N(C=O)CC)NC.CC.COC(C)c1cc(C(F)(F)F)cc(C(F)(F)F)c1. The Morgan fingerprint density at radius 2 is 1.59 bits per heavy atom. The van der Waals surface area contributed by atoms with Crippen molar-refractivity contribution in [3.63, 3.8) is 0 Å². The molecule has 0 fully saturated rings. The zero-order valence-electron chi connectivity index (χ0n) is 23.2. The molecule has 0 aliphatic carbocycles. The molecule has 3 amide bonds. The van der Waals surface area contributed by atoms with Crippen molar-refractivity contribution in [1.82, 2.24) is 15.5 Å². The lowest BCUT2D eigenvalue weighted by Gasteiger charge is -2.19. The number of halogens is 6. The van der Waals surface area contributed by atoms with Gasteiger partial charge in [-0.3, -0.25) is 9.69 Å². The van der Waals surface area contributed by atoms with Gasteiger partial charge in [-0.15, -0.1) is 0 Å². The summed E-state index contributed by atoms with van der Waals surface area (Å²) >= 11 is 0. The van der Waals surface area contributed by atoms with Crippen LogP contribution in [0.2, 0.25) is 0 Å². The van der Waals surface area contributed by atoms with E-state index in [-0.39, 0.29) is 23.7 Å². The van der Waals surface area contributed by atoms with Crippen LogP contribution in [0.3, 0.4) is 0 Å². The molecule has 1 aromatic rings. The summed E-state index contributed by atoms with van der Waals surface area (Å²) in [6.07, 6.45) is -3.96. The number of nitrogens with zero attached hydrogens (tertiary/aromatic N) is 1. The molecule has 2 N–H and O–H groups in total. The standard InChI is InChI=1S/C14H23N3O2.C11H10F6O.C2H6/c1-5-8-12(6-2)13(15-4)9-10-16-14(19)17(7-3)11-18;1-6(18-2)7-3-8(10(12,13)14)5-9(4-7)11(15,16)17;1-2/h5-6,8,11,13,15H,1-2,7,9-10H2,3-4H3,(H,16,19);3-6H,1-2H3;1-2H3/b12-8+;;. The number of hydrogen-bond donors (Lipinski definition) is 2. The number of methoxy groups -OCH3 is 1. The summed E-state index contributed by atoms with van der Waals surface area (Å²) in [5.41, 5.74) is -1.83. The van der Waals surface area contributed by atoms with Gasteiger partial charge < -0.3 is 15.4 Å². The largest absolute Gasteiger partial charge is 0.416 e. The number of urea groups is 1. The number of likely N-dealkylation sites (N-methyl/N-ethyl adjacent to an activating group) is 1. The normalized spacial score (nSPS) is 13.0. The number of nitrogens with one attached hydrogen (secondary N) is 2. The molecule has 0 aliphatic rings. The summed E-state index contributed by atoms with van der Waals surface area (Å²) in [6.45, 7) is 15.3. The Kier molecular flexibility index (Phi) is 18.5. The number of benzene rings is 1. The summed E-state index contributed by atoms with van der Waals surface area (Å²) in [5.74, 6) is 0. The van der Waals surface area contributed by atoms with Crippen LogP contribution in [0, 0.1) is 0 Å². The minimum Gasteiger partial charge on any atom is -0.377 e. The van der Waals surface area contributed by atoms with Crippen LogP contribution in [-0.4, -0.2) is 50.6 Å². The van der Waals surface area contributed by atoms with Crippen LogP contribution in [0.5, 0.6) is 0 Å². The predicted octanol–water partition coefficient (Wildman–Crippen LogP) is 6.91. The Morgan fingerprint density at radius 3 is 1.92 bits per heavy atom. The highest BCUT2D eigenvalue weighted by Crippen LogP contribution is 2.37. The third-order valence-corrected chi connectivity index (χ3v) is 5.17. The van der Waals surface area contributed by atoms with Crippen molar-refractivity contribution in [2.24, 2.45) is 0 Å². The fraction of sp³-hybridized carbons (Fsp3) is 0.481. The average Bonchev–Trinajstić information content (AvgIpc) is 2.90. The number of alkyl halides is 6. The predicted molar refractivity (Wildman–Crippen MR) is 141 cm³/mol. The van der Waals surface area contributed by atoms with Crippen molar-refractivity contribution in [3.05, 3.63) is 71.8 Å². The number of hydrogen-bond acceptors (Lipinski definition) is 4. The summed E-state index contributed by atoms with van der Waals surface area (Å²) < 4.78 is 79.7. The highest BCUT2D eigenvalue weighted by molar-refractivity contribution is 5.84. The molecule has 12 heteroatoms. The highest BCUT2D eigenvalue weighted by atomic mass is 19.4. The molecule has 0 saturated heterocycles. The average molecular weight is 568 g/mol. The van der Waals surface area contributed by atoms with Crippen molar-refractivity contribution in [2.75, 3.05) is 27.2 Å². The van der Waals surface area contributed by atoms with E-state index in [4.69, 9.17) is 4.74 Å². The van der Waals surface area contributed by atoms with Crippen molar-refractivity contribution in [3.8, 4) is 0 Å². The first-order chi connectivity index (χ1) is 18.2. The van der Waals surface area contributed by atoms with Gasteiger partial charge in [0, 0.05) is 26.2 Å². The van der Waals surface area contributed by atoms with Crippen LogP contribution in [0.1, 0.15) is 56.9 Å². The highest BCUT2D eigenvalue weighted by Gasteiger charge is 2.37. The van der Waals surface area contributed by atoms with E-state index in [1.54, 1.807) is 19.1 Å². The molecule has 0 saturated carbocycles. The minimum atomic E-state index is -4.83. The molecule has 222 valence electrons. The zero-order chi connectivity index (χ0) is 30.8. The summed E-state index contributed by atoms with van der Waals surface area (Å²) in [5, 5.41) is 5.85. The maximum Gasteiger partial charge on any atom is 0.416 e. The lowest BCUT2D eigenvalue weighted by Crippen LogP contribution is -2.41. The fourth-order valence-corrected chi connectivity index (χ4v) is 2.98. The lowest BCUT2D eigenvalue weighted by molar-refractivity contribution is -0.143. The number of amides is 3. The number of carbonyl (C=O) groups is 2. The number of imide groups is 1. The lowest BCUT2D eigenvalue weighted by atomic mass is 10.0. The first-order valence-electron chi connectivity index (χ1n) is 12.1. The second kappa shape index (κ2) is 19.0. The Balaban J connectivity index is 0. The Bertz CT molecular complexity index is 898. The molecule has 0 aliphatic heterocycles. The second-order valence-corrected chi connectivity index (χ2v) is 7.58.